The average molecular weight is 352 g/mol. The number of nitrogens with zero attached hydrogens (tertiary/aromatic N) is 6. The SMILES string of the molecule is Cc1cn2cc(NC(=O)c3cnc(N4CCNCC4)cn3)nc(C)c2n1. The molecule has 2 N–H and O–H groups in total. The quantitative estimate of drug-likeness (QED) is 0.719. The molecule has 134 valence electrons. The van der Waals surface area contributed by atoms with Crippen molar-refractivity contribution in [3.63, 3.8) is 0 Å². The van der Waals surface area contributed by atoms with Crippen LogP contribution in [0.5, 0.6) is 0 Å². The van der Waals surface area contributed by atoms with Crippen molar-refractivity contribution in [2.75, 3.05) is 36.4 Å². The van der Waals surface area contributed by atoms with Gasteiger partial charge in [-0.25, -0.2) is 19.9 Å². The summed E-state index contributed by atoms with van der Waals surface area (Å²) in [5, 5.41) is 6.07. The zero-order valence-corrected chi connectivity index (χ0v) is 14.7. The lowest BCUT2D eigenvalue weighted by molar-refractivity contribution is 0.102. The second kappa shape index (κ2) is 6.68. The molecule has 1 aliphatic rings. The number of hydrogen-bond acceptors (Lipinski definition) is 7. The van der Waals surface area contributed by atoms with Crippen LogP contribution in [-0.2, 0) is 0 Å². The molecule has 0 spiro atoms. The van der Waals surface area contributed by atoms with Gasteiger partial charge in [0.15, 0.2) is 5.65 Å². The number of carbonyl (C=O) groups excluding carboxylic acids is 1. The van der Waals surface area contributed by atoms with Gasteiger partial charge in [-0.3, -0.25) is 4.79 Å². The average Bonchev–Trinajstić information content (AvgIpc) is 3.03. The summed E-state index contributed by atoms with van der Waals surface area (Å²) in [6.07, 6.45) is 6.77. The molecule has 0 unspecified atom stereocenters. The molecule has 3 aromatic heterocycles. The Bertz CT molecular complexity index is 943. The summed E-state index contributed by atoms with van der Waals surface area (Å²) in [7, 11) is 0. The highest BCUT2D eigenvalue weighted by Crippen LogP contribution is 2.14. The van der Waals surface area contributed by atoms with E-state index < -0.39 is 0 Å². The smallest absolute Gasteiger partial charge is 0.277 e. The van der Waals surface area contributed by atoms with Crippen molar-refractivity contribution in [1.29, 1.82) is 0 Å². The summed E-state index contributed by atoms with van der Waals surface area (Å²) in [4.78, 5) is 32.0. The number of anilines is 2. The van der Waals surface area contributed by atoms with Crippen LogP contribution >= 0.6 is 0 Å². The first-order valence-corrected chi connectivity index (χ1v) is 8.52. The van der Waals surface area contributed by atoms with Crippen LogP contribution in [0.4, 0.5) is 11.6 Å². The summed E-state index contributed by atoms with van der Waals surface area (Å²) in [6.45, 7) is 7.39. The summed E-state index contributed by atoms with van der Waals surface area (Å²) in [5.74, 6) is 0.894. The highest BCUT2D eigenvalue weighted by Gasteiger charge is 2.15. The van der Waals surface area contributed by atoms with Crippen LogP contribution in [0, 0.1) is 13.8 Å². The number of nitrogens with one attached hydrogen (secondary N) is 2. The Morgan fingerprint density at radius 2 is 1.92 bits per heavy atom. The number of aryl methyl sites for hydroxylation is 2. The van der Waals surface area contributed by atoms with E-state index in [1.165, 1.54) is 6.20 Å². The molecule has 0 radical (unpaired) electrons. The molecule has 1 saturated heterocycles. The normalized spacial score (nSPS) is 14.6. The van der Waals surface area contributed by atoms with E-state index in [2.05, 4.69) is 35.5 Å². The molecule has 0 bridgehead atoms. The van der Waals surface area contributed by atoms with Gasteiger partial charge in [-0.05, 0) is 13.8 Å². The first-order valence-electron chi connectivity index (χ1n) is 8.52. The number of imidazole rings is 1. The van der Waals surface area contributed by atoms with Gasteiger partial charge in [-0.2, -0.15) is 0 Å². The Balaban J connectivity index is 1.51. The van der Waals surface area contributed by atoms with Crippen LogP contribution in [0.15, 0.2) is 24.8 Å². The zero-order valence-electron chi connectivity index (χ0n) is 14.7. The maximum absolute atomic E-state index is 12.5. The van der Waals surface area contributed by atoms with Crippen molar-refractivity contribution in [2.24, 2.45) is 0 Å². The van der Waals surface area contributed by atoms with E-state index in [4.69, 9.17) is 0 Å². The van der Waals surface area contributed by atoms with E-state index in [0.717, 1.165) is 49.0 Å². The Hall–Kier alpha value is -3.07. The summed E-state index contributed by atoms with van der Waals surface area (Å²) < 4.78 is 1.85. The standard InChI is InChI=1S/C17H20N8O/c1-11-9-25-10-14(22-12(2)16(25)21-11)23-17(26)13-7-20-15(8-19-13)24-5-3-18-4-6-24/h7-10,18H,3-6H2,1-2H3,(H,23,26). The van der Waals surface area contributed by atoms with Crippen LogP contribution in [0.1, 0.15) is 21.9 Å². The van der Waals surface area contributed by atoms with Gasteiger partial charge in [0.05, 0.1) is 30.0 Å². The Kier molecular flexibility index (Phi) is 4.21. The molecule has 1 fully saturated rings. The number of carbonyl (C=O) groups is 1. The molecule has 0 aromatic carbocycles. The molecule has 26 heavy (non-hydrogen) atoms. The van der Waals surface area contributed by atoms with E-state index in [1.54, 1.807) is 12.4 Å². The second-order valence-corrected chi connectivity index (χ2v) is 6.28. The molecule has 1 amide bonds. The van der Waals surface area contributed by atoms with Gasteiger partial charge in [-0.1, -0.05) is 0 Å². The fourth-order valence-electron chi connectivity index (χ4n) is 3.01. The number of hydrogen-bond donors (Lipinski definition) is 2. The predicted molar refractivity (Wildman–Crippen MR) is 97.5 cm³/mol. The first-order chi connectivity index (χ1) is 12.6. The van der Waals surface area contributed by atoms with E-state index in [0.29, 0.717) is 5.82 Å². The van der Waals surface area contributed by atoms with Crippen molar-refractivity contribution in [2.45, 2.75) is 13.8 Å². The van der Waals surface area contributed by atoms with Gasteiger partial charge in [-0.15, -0.1) is 0 Å². The first kappa shape index (κ1) is 16.4. The summed E-state index contributed by atoms with van der Waals surface area (Å²) in [5.41, 5.74) is 2.68. The fraction of sp³-hybridized carbons (Fsp3) is 0.353. The lowest BCUT2D eigenvalue weighted by Gasteiger charge is -2.27. The number of amides is 1. The highest BCUT2D eigenvalue weighted by atomic mass is 16.1. The van der Waals surface area contributed by atoms with Crippen molar-refractivity contribution < 1.29 is 4.79 Å². The lowest BCUT2D eigenvalue weighted by atomic mass is 10.3. The van der Waals surface area contributed by atoms with Crippen molar-refractivity contribution in [1.82, 2.24) is 29.7 Å². The Morgan fingerprint density at radius 3 is 2.65 bits per heavy atom. The topological polar surface area (TPSA) is 100 Å². The molecule has 0 aliphatic carbocycles. The van der Waals surface area contributed by atoms with Crippen LogP contribution in [-0.4, -0.2) is 56.4 Å². The van der Waals surface area contributed by atoms with E-state index >= 15 is 0 Å². The van der Waals surface area contributed by atoms with Crippen LogP contribution < -0.4 is 15.5 Å². The van der Waals surface area contributed by atoms with Crippen molar-refractivity contribution in [3.8, 4) is 0 Å². The molecule has 4 rings (SSSR count). The number of aromatic nitrogens is 5. The van der Waals surface area contributed by atoms with Crippen molar-refractivity contribution in [3.05, 3.63) is 41.9 Å². The molecule has 0 atom stereocenters. The van der Waals surface area contributed by atoms with Gasteiger partial charge in [0.1, 0.15) is 17.3 Å². The van der Waals surface area contributed by atoms with Gasteiger partial charge >= 0.3 is 0 Å². The third-order valence-corrected chi connectivity index (χ3v) is 4.28. The number of piperazine rings is 1. The van der Waals surface area contributed by atoms with E-state index in [-0.39, 0.29) is 11.6 Å². The molecule has 9 nitrogen and oxygen atoms in total. The van der Waals surface area contributed by atoms with Gasteiger partial charge in [0.25, 0.3) is 5.91 Å². The lowest BCUT2D eigenvalue weighted by Crippen LogP contribution is -2.44. The second-order valence-electron chi connectivity index (χ2n) is 6.28. The Labute approximate surface area is 150 Å². The maximum atomic E-state index is 12.5. The molecule has 4 heterocycles. The van der Waals surface area contributed by atoms with E-state index in [9.17, 15) is 4.79 Å². The van der Waals surface area contributed by atoms with Gasteiger partial charge in [0.2, 0.25) is 0 Å². The van der Waals surface area contributed by atoms with E-state index in [1.807, 2.05) is 24.4 Å². The number of rotatable bonds is 3. The predicted octanol–water partition coefficient (Wildman–Crippen LogP) is 0.798. The molecule has 3 aromatic rings. The van der Waals surface area contributed by atoms with Crippen LogP contribution in [0.2, 0.25) is 0 Å². The fourth-order valence-corrected chi connectivity index (χ4v) is 3.01. The van der Waals surface area contributed by atoms with Gasteiger partial charge in [0, 0.05) is 32.4 Å². The molecular weight excluding hydrogens is 332 g/mol. The highest BCUT2D eigenvalue weighted by molar-refractivity contribution is 6.02. The van der Waals surface area contributed by atoms with Crippen molar-refractivity contribution >= 4 is 23.2 Å². The Morgan fingerprint density at radius 1 is 1.12 bits per heavy atom. The molecule has 0 saturated carbocycles. The largest absolute Gasteiger partial charge is 0.353 e. The zero-order chi connectivity index (χ0) is 18.1. The molecule has 1 aliphatic heterocycles. The monoisotopic (exact) mass is 352 g/mol. The van der Waals surface area contributed by atoms with Crippen LogP contribution in [0.25, 0.3) is 5.65 Å². The summed E-state index contributed by atoms with van der Waals surface area (Å²) in [6, 6.07) is 0. The molecular formula is C17H20N8O. The van der Waals surface area contributed by atoms with Crippen LogP contribution in [0.3, 0.4) is 0 Å². The third-order valence-electron chi connectivity index (χ3n) is 4.28. The minimum absolute atomic E-state index is 0.255. The molecule has 9 heteroatoms. The van der Waals surface area contributed by atoms with Gasteiger partial charge < -0.3 is 19.9 Å². The third kappa shape index (κ3) is 3.21. The minimum atomic E-state index is -0.340. The number of fused-ring (bicyclic) bond motifs is 1. The maximum Gasteiger partial charge on any atom is 0.277 e. The minimum Gasteiger partial charge on any atom is -0.353 e. The summed E-state index contributed by atoms with van der Waals surface area (Å²) >= 11 is 0.